The maximum atomic E-state index is 12.0. The van der Waals surface area contributed by atoms with E-state index in [1.807, 2.05) is 18.3 Å². The molecule has 1 aliphatic heterocycles. The van der Waals surface area contributed by atoms with Crippen molar-refractivity contribution >= 4 is 41.6 Å². The zero-order chi connectivity index (χ0) is 15.2. The molecule has 1 fully saturated rings. The largest absolute Gasteiger partial charge is 0.355 e. The van der Waals surface area contributed by atoms with Gasteiger partial charge < -0.3 is 10.6 Å². The number of benzene rings is 1. The molecule has 3 rings (SSSR count). The standard InChI is InChI=1S/C17H22N4O.2ClH/c22-16(13-21-11-9-18-10-12-21)19-8-6-15-4-1-3-14-5-2-7-20-17(14)15;;/h1-5,7,18H,6,8-13H2,(H,19,22);2*1H. The molecule has 1 aromatic heterocycles. The van der Waals surface area contributed by atoms with Crippen molar-refractivity contribution in [2.24, 2.45) is 0 Å². The Hall–Kier alpha value is -1.40. The lowest BCUT2D eigenvalue weighted by Crippen LogP contribution is -2.47. The fourth-order valence-corrected chi connectivity index (χ4v) is 2.83. The van der Waals surface area contributed by atoms with Crippen molar-refractivity contribution in [1.29, 1.82) is 0 Å². The van der Waals surface area contributed by atoms with Gasteiger partial charge in [-0.25, -0.2) is 0 Å². The van der Waals surface area contributed by atoms with Crippen LogP contribution in [0.3, 0.4) is 0 Å². The number of carbonyl (C=O) groups excluding carboxylic acids is 1. The van der Waals surface area contributed by atoms with E-state index < -0.39 is 0 Å². The van der Waals surface area contributed by atoms with Gasteiger partial charge in [0.05, 0.1) is 12.1 Å². The van der Waals surface area contributed by atoms with E-state index in [9.17, 15) is 4.79 Å². The van der Waals surface area contributed by atoms with Crippen molar-refractivity contribution in [2.45, 2.75) is 6.42 Å². The lowest BCUT2D eigenvalue weighted by molar-refractivity contribution is -0.122. The molecular weight excluding hydrogens is 347 g/mol. The third kappa shape index (κ3) is 5.60. The second-order valence-corrected chi connectivity index (χ2v) is 5.62. The summed E-state index contributed by atoms with van der Waals surface area (Å²) in [4.78, 5) is 18.6. The molecule has 132 valence electrons. The average molecular weight is 371 g/mol. The molecule has 0 spiro atoms. The molecule has 2 heterocycles. The van der Waals surface area contributed by atoms with E-state index in [0.717, 1.165) is 43.5 Å². The molecule has 1 aromatic carbocycles. The van der Waals surface area contributed by atoms with Crippen molar-refractivity contribution in [2.75, 3.05) is 39.3 Å². The highest BCUT2D eigenvalue weighted by Gasteiger charge is 2.13. The first kappa shape index (κ1) is 20.6. The van der Waals surface area contributed by atoms with E-state index in [0.29, 0.717) is 13.1 Å². The molecule has 7 heteroatoms. The maximum absolute atomic E-state index is 12.0. The number of piperazine rings is 1. The van der Waals surface area contributed by atoms with Crippen molar-refractivity contribution in [3.05, 3.63) is 42.1 Å². The van der Waals surface area contributed by atoms with Crippen LogP contribution >= 0.6 is 24.8 Å². The molecule has 0 bridgehead atoms. The minimum absolute atomic E-state index is 0. The Morgan fingerprint density at radius 1 is 1.17 bits per heavy atom. The summed E-state index contributed by atoms with van der Waals surface area (Å²) >= 11 is 0. The van der Waals surface area contributed by atoms with Crippen LogP contribution in [0.2, 0.25) is 0 Å². The average Bonchev–Trinajstić information content (AvgIpc) is 2.56. The Labute approximate surface area is 155 Å². The number of halogens is 2. The first-order valence-electron chi connectivity index (χ1n) is 7.85. The molecule has 0 radical (unpaired) electrons. The Kier molecular flexibility index (Phi) is 9.00. The second kappa shape index (κ2) is 10.5. The Bertz CT molecular complexity index is 642. The first-order valence-corrected chi connectivity index (χ1v) is 7.85. The quantitative estimate of drug-likeness (QED) is 0.839. The van der Waals surface area contributed by atoms with Gasteiger partial charge in [-0.1, -0.05) is 24.3 Å². The SMILES string of the molecule is Cl.Cl.O=C(CN1CCNCC1)NCCc1cccc2cccnc12. The number of carbonyl (C=O) groups is 1. The molecule has 0 atom stereocenters. The third-order valence-corrected chi connectivity index (χ3v) is 4.01. The summed E-state index contributed by atoms with van der Waals surface area (Å²) in [6.07, 6.45) is 2.62. The molecule has 0 unspecified atom stereocenters. The summed E-state index contributed by atoms with van der Waals surface area (Å²) in [6, 6.07) is 10.2. The van der Waals surface area contributed by atoms with Crippen LogP contribution < -0.4 is 10.6 Å². The smallest absolute Gasteiger partial charge is 0.234 e. The number of hydrogen-bond donors (Lipinski definition) is 2. The van der Waals surface area contributed by atoms with Crippen LogP contribution in [0, 0.1) is 0 Å². The number of nitrogens with zero attached hydrogens (tertiary/aromatic N) is 2. The highest BCUT2D eigenvalue weighted by molar-refractivity contribution is 5.85. The molecule has 1 aliphatic rings. The molecule has 1 saturated heterocycles. The maximum Gasteiger partial charge on any atom is 0.234 e. The summed E-state index contributed by atoms with van der Waals surface area (Å²) in [7, 11) is 0. The Balaban J connectivity index is 0.00000144. The normalized spacial score (nSPS) is 14.5. The number of para-hydroxylation sites is 1. The van der Waals surface area contributed by atoms with Gasteiger partial charge in [0.2, 0.25) is 5.91 Å². The molecule has 2 aromatic rings. The van der Waals surface area contributed by atoms with Crippen LogP contribution in [0.25, 0.3) is 10.9 Å². The highest BCUT2D eigenvalue weighted by Crippen LogP contribution is 2.15. The van der Waals surface area contributed by atoms with Gasteiger partial charge in [0, 0.05) is 44.3 Å². The minimum atomic E-state index is 0. The van der Waals surface area contributed by atoms with E-state index in [2.05, 4.69) is 38.7 Å². The van der Waals surface area contributed by atoms with Gasteiger partial charge in [0.15, 0.2) is 0 Å². The summed E-state index contributed by atoms with van der Waals surface area (Å²) in [5, 5.41) is 7.45. The lowest BCUT2D eigenvalue weighted by Gasteiger charge is -2.26. The number of nitrogens with one attached hydrogen (secondary N) is 2. The predicted molar refractivity (Wildman–Crippen MR) is 102 cm³/mol. The molecule has 0 aliphatic carbocycles. The zero-order valence-electron chi connectivity index (χ0n) is 13.5. The Morgan fingerprint density at radius 2 is 1.92 bits per heavy atom. The van der Waals surface area contributed by atoms with E-state index in [4.69, 9.17) is 0 Å². The van der Waals surface area contributed by atoms with E-state index in [-0.39, 0.29) is 30.7 Å². The summed E-state index contributed by atoms with van der Waals surface area (Å²) in [5.74, 6) is 0.107. The number of hydrogen-bond acceptors (Lipinski definition) is 4. The summed E-state index contributed by atoms with van der Waals surface area (Å²) in [6.45, 7) is 4.97. The van der Waals surface area contributed by atoms with Crippen LogP contribution in [-0.4, -0.2) is 55.1 Å². The topological polar surface area (TPSA) is 57.3 Å². The third-order valence-electron chi connectivity index (χ3n) is 4.01. The molecule has 24 heavy (non-hydrogen) atoms. The molecule has 5 nitrogen and oxygen atoms in total. The van der Waals surface area contributed by atoms with Crippen LogP contribution in [0.15, 0.2) is 36.5 Å². The van der Waals surface area contributed by atoms with Crippen molar-refractivity contribution in [1.82, 2.24) is 20.5 Å². The monoisotopic (exact) mass is 370 g/mol. The Morgan fingerprint density at radius 3 is 2.71 bits per heavy atom. The van der Waals surface area contributed by atoms with Gasteiger partial charge in [-0.05, 0) is 18.1 Å². The van der Waals surface area contributed by atoms with Crippen LogP contribution in [0.4, 0.5) is 0 Å². The molecule has 1 amide bonds. The number of amides is 1. The minimum Gasteiger partial charge on any atom is -0.355 e. The lowest BCUT2D eigenvalue weighted by atomic mass is 10.1. The zero-order valence-corrected chi connectivity index (χ0v) is 15.2. The van der Waals surface area contributed by atoms with Gasteiger partial charge in [-0.3, -0.25) is 14.7 Å². The van der Waals surface area contributed by atoms with Gasteiger partial charge in [0.1, 0.15) is 0 Å². The summed E-state index contributed by atoms with van der Waals surface area (Å²) in [5.41, 5.74) is 2.21. The van der Waals surface area contributed by atoms with Crippen LogP contribution in [-0.2, 0) is 11.2 Å². The van der Waals surface area contributed by atoms with Crippen molar-refractivity contribution in [3.8, 4) is 0 Å². The van der Waals surface area contributed by atoms with E-state index >= 15 is 0 Å². The molecule has 2 N–H and O–H groups in total. The van der Waals surface area contributed by atoms with E-state index in [1.54, 1.807) is 0 Å². The first-order chi connectivity index (χ1) is 10.8. The van der Waals surface area contributed by atoms with Crippen LogP contribution in [0.1, 0.15) is 5.56 Å². The van der Waals surface area contributed by atoms with Gasteiger partial charge in [0.25, 0.3) is 0 Å². The van der Waals surface area contributed by atoms with Crippen LogP contribution in [0.5, 0.6) is 0 Å². The number of fused-ring (bicyclic) bond motifs is 1. The fraction of sp³-hybridized carbons (Fsp3) is 0.412. The van der Waals surface area contributed by atoms with Gasteiger partial charge in [-0.15, -0.1) is 24.8 Å². The predicted octanol–water partition coefficient (Wildman–Crippen LogP) is 1.64. The van der Waals surface area contributed by atoms with Gasteiger partial charge in [-0.2, -0.15) is 0 Å². The van der Waals surface area contributed by atoms with Crippen molar-refractivity contribution < 1.29 is 4.79 Å². The summed E-state index contributed by atoms with van der Waals surface area (Å²) < 4.78 is 0. The van der Waals surface area contributed by atoms with Crippen molar-refractivity contribution in [3.63, 3.8) is 0 Å². The second-order valence-electron chi connectivity index (χ2n) is 5.62. The molecule has 0 saturated carbocycles. The van der Waals surface area contributed by atoms with Gasteiger partial charge >= 0.3 is 0 Å². The number of rotatable bonds is 5. The van der Waals surface area contributed by atoms with E-state index in [1.165, 1.54) is 5.56 Å². The number of aromatic nitrogens is 1. The number of pyridine rings is 1. The fourth-order valence-electron chi connectivity index (χ4n) is 2.83. The molecular formula is C17H24Cl2N4O. The highest BCUT2D eigenvalue weighted by atomic mass is 35.5.